The van der Waals surface area contributed by atoms with E-state index in [1.54, 1.807) is 11.6 Å². The van der Waals surface area contributed by atoms with Crippen molar-refractivity contribution in [2.75, 3.05) is 6.54 Å². The Labute approximate surface area is 103 Å². The molecule has 0 aliphatic carbocycles. The van der Waals surface area contributed by atoms with Gasteiger partial charge in [-0.15, -0.1) is 11.3 Å². The summed E-state index contributed by atoms with van der Waals surface area (Å²) in [5.74, 6) is 0.601. The Bertz CT molecular complexity index is 477. The van der Waals surface area contributed by atoms with Crippen molar-refractivity contribution >= 4 is 17.2 Å². The summed E-state index contributed by atoms with van der Waals surface area (Å²) >= 11 is 1.54. The van der Waals surface area contributed by atoms with Crippen molar-refractivity contribution < 1.29 is 4.79 Å². The van der Waals surface area contributed by atoms with Crippen LogP contribution < -0.4 is 11.1 Å². The molecule has 5 nitrogen and oxygen atoms in total. The normalized spacial score (nSPS) is 10.6. The van der Waals surface area contributed by atoms with E-state index in [-0.39, 0.29) is 5.91 Å². The molecule has 6 heteroatoms. The second-order valence-corrected chi connectivity index (χ2v) is 4.62. The fourth-order valence-corrected chi connectivity index (χ4v) is 2.30. The number of imidazole rings is 1. The van der Waals surface area contributed by atoms with Gasteiger partial charge in [0.05, 0.1) is 5.56 Å². The predicted molar refractivity (Wildman–Crippen MR) is 66.8 cm³/mol. The van der Waals surface area contributed by atoms with Gasteiger partial charge in [-0.3, -0.25) is 4.79 Å². The van der Waals surface area contributed by atoms with Gasteiger partial charge >= 0.3 is 0 Å². The fourth-order valence-electron chi connectivity index (χ4n) is 1.46. The van der Waals surface area contributed by atoms with Crippen LogP contribution in [0.5, 0.6) is 0 Å². The molecule has 0 spiro atoms. The van der Waals surface area contributed by atoms with Crippen molar-refractivity contribution in [3.8, 4) is 0 Å². The summed E-state index contributed by atoms with van der Waals surface area (Å²) < 4.78 is 0. The first kappa shape index (κ1) is 11.8. The van der Waals surface area contributed by atoms with Crippen molar-refractivity contribution in [2.45, 2.75) is 13.0 Å². The predicted octanol–water partition coefficient (Wildman–Crippen LogP) is 0.902. The van der Waals surface area contributed by atoms with Gasteiger partial charge in [0.1, 0.15) is 5.82 Å². The maximum Gasteiger partial charge on any atom is 0.249 e. The molecule has 1 amide bonds. The zero-order valence-corrected chi connectivity index (χ0v) is 10.1. The smallest absolute Gasteiger partial charge is 0.249 e. The molecule has 0 aliphatic rings. The van der Waals surface area contributed by atoms with Crippen LogP contribution in [0.2, 0.25) is 0 Å². The molecule has 2 rings (SSSR count). The number of carbonyl (C=O) groups excluding carboxylic acids is 1. The van der Waals surface area contributed by atoms with E-state index in [4.69, 9.17) is 5.73 Å². The van der Waals surface area contributed by atoms with Crippen LogP contribution in [0.15, 0.2) is 23.8 Å². The van der Waals surface area contributed by atoms with Gasteiger partial charge < -0.3 is 16.0 Å². The third-order valence-corrected chi connectivity index (χ3v) is 3.27. The third kappa shape index (κ3) is 3.40. The highest BCUT2D eigenvalue weighted by atomic mass is 32.1. The Kier molecular flexibility index (Phi) is 3.89. The Hall–Kier alpha value is -1.66. The van der Waals surface area contributed by atoms with Gasteiger partial charge in [-0.2, -0.15) is 0 Å². The quantitative estimate of drug-likeness (QED) is 0.666. The van der Waals surface area contributed by atoms with Crippen molar-refractivity contribution in [3.63, 3.8) is 0 Å². The summed E-state index contributed by atoms with van der Waals surface area (Å²) in [7, 11) is 0. The van der Waals surface area contributed by atoms with Crippen LogP contribution in [0.25, 0.3) is 0 Å². The maximum absolute atomic E-state index is 10.9. The van der Waals surface area contributed by atoms with Crippen LogP contribution in [0, 0.1) is 0 Å². The van der Waals surface area contributed by atoms with E-state index in [1.165, 1.54) is 11.3 Å². The van der Waals surface area contributed by atoms with E-state index in [2.05, 4.69) is 15.3 Å². The number of H-pyrrole nitrogens is 1. The Morgan fingerprint density at radius 2 is 2.47 bits per heavy atom. The highest BCUT2D eigenvalue weighted by Crippen LogP contribution is 2.13. The number of carbonyl (C=O) groups is 1. The molecule has 0 atom stereocenters. The lowest BCUT2D eigenvalue weighted by Crippen LogP contribution is -2.16. The van der Waals surface area contributed by atoms with E-state index in [0.717, 1.165) is 30.2 Å². The summed E-state index contributed by atoms with van der Waals surface area (Å²) in [6, 6.07) is 1.83. The zero-order valence-electron chi connectivity index (χ0n) is 9.27. The van der Waals surface area contributed by atoms with Crippen molar-refractivity contribution in [3.05, 3.63) is 40.1 Å². The van der Waals surface area contributed by atoms with E-state index >= 15 is 0 Å². The van der Waals surface area contributed by atoms with E-state index in [9.17, 15) is 4.79 Å². The van der Waals surface area contributed by atoms with Gasteiger partial charge in [0.15, 0.2) is 0 Å². The van der Waals surface area contributed by atoms with Gasteiger partial charge in [0.25, 0.3) is 0 Å². The number of amides is 1. The summed E-state index contributed by atoms with van der Waals surface area (Å²) in [5.41, 5.74) is 5.76. The number of nitrogens with one attached hydrogen (secondary N) is 2. The molecule has 0 saturated heterocycles. The minimum Gasteiger partial charge on any atom is -0.366 e. The fraction of sp³-hybridized carbons (Fsp3) is 0.273. The SMILES string of the molecule is NC(=O)c1csc(CNCCc2ncc[nH]2)c1. The number of aromatic amines is 1. The first-order valence-electron chi connectivity index (χ1n) is 5.32. The topological polar surface area (TPSA) is 83.8 Å². The first-order valence-corrected chi connectivity index (χ1v) is 6.20. The van der Waals surface area contributed by atoms with Gasteiger partial charge in [-0.1, -0.05) is 0 Å². The molecule has 4 N–H and O–H groups in total. The number of hydrogen-bond acceptors (Lipinski definition) is 4. The first-order chi connectivity index (χ1) is 8.25. The molecule has 17 heavy (non-hydrogen) atoms. The lowest BCUT2D eigenvalue weighted by molar-refractivity contribution is 0.100. The Balaban J connectivity index is 1.72. The highest BCUT2D eigenvalue weighted by molar-refractivity contribution is 7.10. The number of rotatable bonds is 6. The lowest BCUT2D eigenvalue weighted by Gasteiger charge is -2.00. The molecule has 2 aromatic rings. The number of primary amides is 1. The summed E-state index contributed by atoms with van der Waals surface area (Å²) in [6.45, 7) is 1.59. The molecule has 0 radical (unpaired) electrons. The second-order valence-electron chi connectivity index (χ2n) is 3.63. The molecule has 0 aliphatic heterocycles. The summed E-state index contributed by atoms with van der Waals surface area (Å²) in [5, 5.41) is 5.07. The molecule has 0 saturated carbocycles. The molecule has 90 valence electrons. The van der Waals surface area contributed by atoms with Crippen LogP contribution in [-0.4, -0.2) is 22.4 Å². The van der Waals surface area contributed by atoms with Gasteiger partial charge in [0.2, 0.25) is 5.91 Å². The number of thiophene rings is 1. The zero-order chi connectivity index (χ0) is 12.1. The van der Waals surface area contributed by atoms with Crippen molar-refractivity contribution in [1.82, 2.24) is 15.3 Å². The monoisotopic (exact) mass is 250 g/mol. The number of nitrogens with two attached hydrogens (primary N) is 1. The summed E-state index contributed by atoms with van der Waals surface area (Å²) in [6.07, 6.45) is 4.42. The van der Waals surface area contributed by atoms with Crippen molar-refractivity contribution in [2.24, 2.45) is 5.73 Å². The van der Waals surface area contributed by atoms with E-state index in [0.29, 0.717) is 5.56 Å². The molecule has 2 aromatic heterocycles. The van der Waals surface area contributed by atoms with Crippen LogP contribution >= 0.6 is 11.3 Å². The molecule has 0 bridgehead atoms. The maximum atomic E-state index is 10.9. The molecular formula is C11H14N4OS. The highest BCUT2D eigenvalue weighted by Gasteiger charge is 2.04. The molecule has 0 aromatic carbocycles. The van der Waals surface area contributed by atoms with Gasteiger partial charge in [0, 0.05) is 42.2 Å². The van der Waals surface area contributed by atoms with Gasteiger partial charge in [-0.25, -0.2) is 4.98 Å². The second kappa shape index (κ2) is 5.60. The van der Waals surface area contributed by atoms with Crippen molar-refractivity contribution in [1.29, 1.82) is 0 Å². The van der Waals surface area contributed by atoms with E-state index in [1.807, 2.05) is 12.3 Å². The molecule has 0 unspecified atom stereocenters. The standard InChI is InChI=1S/C11H14N4OS/c12-11(16)8-5-9(17-7-8)6-13-2-1-10-14-3-4-15-10/h3-5,7,13H,1-2,6H2,(H2,12,16)(H,14,15). The van der Waals surface area contributed by atoms with Crippen LogP contribution in [0.3, 0.4) is 0 Å². The number of hydrogen-bond donors (Lipinski definition) is 3. The number of aromatic nitrogens is 2. The molecule has 0 fully saturated rings. The minimum atomic E-state index is -0.372. The third-order valence-electron chi connectivity index (χ3n) is 2.33. The molecule has 2 heterocycles. The van der Waals surface area contributed by atoms with Crippen LogP contribution in [-0.2, 0) is 13.0 Å². The lowest BCUT2D eigenvalue weighted by atomic mass is 10.3. The summed E-state index contributed by atoms with van der Waals surface area (Å²) in [4.78, 5) is 19.2. The van der Waals surface area contributed by atoms with Gasteiger partial charge in [-0.05, 0) is 6.07 Å². The Morgan fingerprint density at radius 3 is 3.12 bits per heavy atom. The average molecular weight is 250 g/mol. The van der Waals surface area contributed by atoms with E-state index < -0.39 is 0 Å². The minimum absolute atomic E-state index is 0.372. The Morgan fingerprint density at radius 1 is 1.59 bits per heavy atom. The van der Waals surface area contributed by atoms with Crippen LogP contribution in [0.1, 0.15) is 21.1 Å². The average Bonchev–Trinajstić information content (AvgIpc) is 2.96. The van der Waals surface area contributed by atoms with Crippen LogP contribution in [0.4, 0.5) is 0 Å². The number of nitrogens with zero attached hydrogens (tertiary/aromatic N) is 1. The largest absolute Gasteiger partial charge is 0.366 e. The molecular weight excluding hydrogens is 236 g/mol.